The van der Waals surface area contributed by atoms with Crippen LogP contribution < -0.4 is 10.2 Å². The summed E-state index contributed by atoms with van der Waals surface area (Å²) in [7, 11) is 5.80. The highest BCUT2D eigenvalue weighted by atomic mass is 35.5. The van der Waals surface area contributed by atoms with Crippen LogP contribution in [0.4, 0.5) is 23.3 Å². The molecule has 0 bridgehead atoms. The van der Waals surface area contributed by atoms with Crippen molar-refractivity contribution in [2.24, 2.45) is 0 Å². The molecule has 9 nitrogen and oxygen atoms in total. The van der Waals surface area contributed by atoms with Crippen LogP contribution in [0.5, 0.6) is 0 Å². The molecule has 0 atom stereocenters. The van der Waals surface area contributed by atoms with Gasteiger partial charge in [-0.1, -0.05) is 6.07 Å². The first-order valence-corrected chi connectivity index (χ1v) is 7.52. The second kappa shape index (κ2) is 7.84. The molecule has 0 unspecified atom stereocenters. The highest BCUT2D eigenvalue weighted by molar-refractivity contribution is 6.28. The average molecular weight is 352 g/mol. The van der Waals surface area contributed by atoms with Gasteiger partial charge in [0, 0.05) is 38.0 Å². The maximum Gasteiger partial charge on any atom is 0.271 e. The minimum absolute atomic E-state index is 0.0246. The fourth-order valence-corrected chi connectivity index (χ4v) is 2.00. The zero-order chi connectivity index (χ0) is 17.7. The number of non-ortho nitro benzene ring substituents is 1. The Bertz CT molecular complexity index is 726. The summed E-state index contributed by atoms with van der Waals surface area (Å²) in [5.41, 5.74) is 0.469. The SMILES string of the molecule is CN(C)CCN(C)c1nc(Cl)nc(Nc2cccc([N+](=O)[O-])c2)n1. The van der Waals surface area contributed by atoms with E-state index in [1.807, 2.05) is 30.9 Å². The number of nitrogens with one attached hydrogen (secondary N) is 1. The lowest BCUT2D eigenvalue weighted by Crippen LogP contribution is -2.29. The Labute approximate surface area is 144 Å². The van der Waals surface area contributed by atoms with Crippen LogP contribution in [0.2, 0.25) is 5.28 Å². The van der Waals surface area contributed by atoms with Gasteiger partial charge in [0.1, 0.15) is 0 Å². The van der Waals surface area contributed by atoms with Gasteiger partial charge in [0.15, 0.2) is 0 Å². The zero-order valence-corrected chi connectivity index (χ0v) is 14.4. The van der Waals surface area contributed by atoms with E-state index >= 15 is 0 Å². The summed E-state index contributed by atoms with van der Waals surface area (Å²) in [5, 5.41) is 13.8. The first kappa shape index (κ1) is 17.8. The third-order valence-electron chi connectivity index (χ3n) is 3.13. The number of halogens is 1. The molecule has 1 N–H and O–H groups in total. The van der Waals surface area contributed by atoms with Gasteiger partial charge < -0.3 is 15.1 Å². The molecule has 1 aromatic carbocycles. The second-order valence-corrected chi connectivity index (χ2v) is 5.72. The van der Waals surface area contributed by atoms with Crippen LogP contribution in [0.3, 0.4) is 0 Å². The van der Waals surface area contributed by atoms with Crippen molar-refractivity contribution >= 4 is 34.9 Å². The Morgan fingerprint density at radius 1 is 1.21 bits per heavy atom. The predicted octanol–water partition coefficient (Wildman–Crippen LogP) is 2.17. The minimum Gasteiger partial charge on any atom is -0.342 e. The monoisotopic (exact) mass is 351 g/mol. The lowest BCUT2D eigenvalue weighted by atomic mass is 10.3. The molecular formula is C14H18ClN7O2. The van der Waals surface area contributed by atoms with Crippen molar-refractivity contribution in [3.8, 4) is 0 Å². The quantitative estimate of drug-likeness (QED) is 0.598. The van der Waals surface area contributed by atoms with Crippen LogP contribution in [0.1, 0.15) is 0 Å². The van der Waals surface area contributed by atoms with Crippen LogP contribution in [0, 0.1) is 10.1 Å². The number of likely N-dealkylation sites (N-methyl/N-ethyl adjacent to an activating group) is 2. The number of nitrogens with zero attached hydrogens (tertiary/aromatic N) is 6. The third kappa shape index (κ3) is 5.00. The Hall–Kier alpha value is -2.52. The smallest absolute Gasteiger partial charge is 0.271 e. The van der Waals surface area contributed by atoms with Crippen molar-refractivity contribution in [3.63, 3.8) is 0 Å². The van der Waals surface area contributed by atoms with Gasteiger partial charge in [-0.05, 0) is 31.8 Å². The molecule has 2 aromatic rings. The van der Waals surface area contributed by atoms with Crippen molar-refractivity contribution in [1.82, 2.24) is 19.9 Å². The molecule has 0 aliphatic rings. The van der Waals surface area contributed by atoms with E-state index in [0.717, 1.165) is 6.54 Å². The molecule has 0 aliphatic heterocycles. The Balaban J connectivity index is 2.19. The number of rotatable bonds is 7. The largest absolute Gasteiger partial charge is 0.342 e. The van der Waals surface area contributed by atoms with E-state index in [-0.39, 0.29) is 16.9 Å². The number of benzene rings is 1. The van der Waals surface area contributed by atoms with Crippen LogP contribution in [0.25, 0.3) is 0 Å². The van der Waals surface area contributed by atoms with Crippen LogP contribution in [-0.2, 0) is 0 Å². The summed E-state index contributed by atoms with van der Waals surface area (Å²) in [4.78, 5) is 26.7. The van der Waals surface area contributed by atoms with Gasteiger partial charge in [-0.15, -0.1) is 0 Å². The highest BCUT2D eigenvalue weighted by Gasteiger charge is 2.11. The van der Waals surface area contributed by atoms with Crippen molar-refractivity contribution in [2.45, 2.75) is 0 Å². The predicted molar refractivity (Wildman–Crippen MR) is 93.0 cm³/mol. The molecule has 1 aromatic heterocycles. The van der Waals surface area contributed by atoms with Crippen LogP contribution in [-0.4, -0.2) is 59.0 Å². The molecule has 128 valence electrons. The van der Waals surface area contributed by atoms with E-state index < -0.39 is 4.92 Å². The number of anilines is 3. The summed E-state index contributed by atoms with van der Waals surface area (Å²) in [6, 6.07) is 6.06. The fraction of sp³-hybridized carbons (Fsp3) is 0.357. The normalized spacial score (nSPS) is 10.7. The van der Waals surface area contributed by atoms with Crippen LogP contribution >= 0.6 is 11.6 Å². The Kier molecular flexibility index (Phi) is 5.83. The van der Waals surface area contributed by atoms with Crippen molar-refractivity contribution in [3.05, 3.63) is 39.7 Å². The Morgan fingerprint density at radius 3 is 2.62 bits per heavy atom. The van der Waals surface area contributed by atoms with E-state index in [4.69, 9.17) is 11.6 Å². The number of hydrogen-bond donors (Lipinski definition) is 1. The first-order chi connectivity index (χ1) is 11.3. The van der Waals surface area contributed by atoms with E-state index in [0.29, 0.717) is 18.2 Å². The lowest BCUT2D eigenvalue weighted by Gasteiger charge is -2.19. The van der Waals surface area contributed by atoms with E-state index in [1.54, 1.807) is 12.1 Å². The van der Waals surface area contributed by atoms with Crippen molar-refractivity contribution in [1.29, 1.82) is 0 Å². The Morgan fingerprint density at radius 2 is 1.96 bits per heavy atom. The molecule has 24 heavy (non-hydrogen) atoms. The van der Waals surface area contributed by atoms with Gasteiger partial charge in [0.05, 0.1) is 4.92 Å². The number of nitro groups is 1. The van der Waals surface area contributed by atoms with Crippen LogP contribution in [0.15, 0.2) is 24.3 Å². The molecule has 0 amide bonds. The maximum atomic E-state index is 10.8. The van der Waals surface area contributed by atoms with Gasteiger partial charge in [0.25, 0.3) is 5.69 Å². The lowest BCUT2D eigenvalue weighted by molar-refractivity contribution is -0.384. The van der Waals surface area contributed by atoms with E-state index in [1.165, 1.54) is 12.1 Å². The number of aromatic nitrogens is 3. The molecule has 0 saturated carbocycles. The summed E-state index contributed by atoms with van der Waals surface area (Å²) in [6.45, 7) is 1.54. The van der Waals surface area contributed by atoms with Crippen molar-refractivity contribution in [2.75, 3.05) is 44.4 Å². The molecule has 1 heterocycles. The van der Waals surface area contributed by atoms with Gasteiger partial charge in [-0.3, -0.25) is 10.1 Å². The summed E-state index contributed by atoms with van der Waals surface area (Å²) in [6.07, 6.45) is 0. The summed E-state index contributed by atoms with van der Waals surface area (Å²) in [5.74, 6) is 0.645. The van der Waals surface area contributed by atoms with Crippen molar-refractivity contribution < 1.29 is 4.92 Å². The summed E-state index contributed by atoms with van der Waals surface area (Å²) < 4.78 is 0. The average Bonchev–Trinajstić information content (AvgIpc) is 2.52. The first-order valence-electron chi connectivity index (χ1n) is 7.14. The third-order valence-corrected chi connectivity index (χ3v) is 3.30. The molecule has 0 aliphatic carbocycles. The highest BCUT2D eigenvalue weighted by Crippen LogP contribution is 2.21. The number of hydrogen-bond acceptors (Lipinski definition) is 8. The minimum atomic E-state index is -0.466. The molecule has 0 radical (unpaired) electrons. The van der Waals surface area contributed by atoms with Gasteiger partial charge in [0.2, 0.25) is 17.2 Å². The molecule has 0 spiro atoms. The van der Waals surface area contributed by atoms with E-state index in [9.17, 15) is 10.1 Å². The molecule has 2 rings (SSSR count). The van der Waals surface area contributed by atoms with E-state index in [2.05, 4.69) is 20.3 Å². The molecule has 0 fully saturated rings. The topological polar surface area (TPSA) is 100 Å². The molecular weight excluding hydrogens is 334 g/mol. The maximum absolute atomic E-state index is 10.8. The molecule has 0 saturated heterocycles. The van der Waals surface area contributed by atoms with Gasteiger partial charge >= 0.3 is 0 Å². The zero-order valence-electron chi connectivity index (χ0n) is 13.6. The fourth-order valence-electron chi connectivity index (χ4n) is 1.84. The molecule has 10 heteroatoms. The second-order valence-electron chi connectivity index (χ2n) is 5.39. The standard InChI is InChI=1S/C14H18ClN7O2/c1-20(2)7-8-21(3)14-18-12(15)17-13(19-14)16-10-5-4-6-11(9-10)22(23)24/h4-6,9H,7-8H2,1-3H3,(H,16,17,18,19). The van der Waals surface area contributed by atoms with Gasteiger partial charge in [-0.25, -0.2) is 0 Å². The number of nitro benzene ring substituents is 1. The summed E-state index contributed by atoms with van der Waals surface area (Å²) >= 11 is 5.96. The van der Waals surface area contributed by atoms with Gasteiger partial charge in [-0.2, -0.15) is 15.0 Å².